The highest BCUT2D eigenvalue weighted by molar-refractivity contribution is 7.89. The molecule has 11 heteroatoms. The maximum Gasteiger partial charge on any atom is 0.355 e. The number of ether oxygens (including phenoxy) is 4. The zero-order valence-corrected chi connectivity index (χ0v) is 17.9. The lowest BCUT2D eigenvalue weighted by Crippen LogP contribution is -2.40. The molecule has 2 aliphatic rings. The number of morpholine rings is 1. The Morgan fingerprint density at radius 3 is 2.63 bits per heavy atom. The fourth-order valence-electron chi connectivity index (χ4n) is 3.28. The third-order valence-electron chi connectivity index (χ3n) is 4.82. The predicted octanol–water partition coefficient (Wildman–Crippen LogP) is 1.83. The topological polar surface area (TPSA) is 96.3 Å². The quantitative estimate of drug-likeness (QED) is 0.633. The van der Waals surface area contributed by atoms with Crippen LogP contribution in [0.25, 0.3) is 0 Å². The van der Waals surface area contributed by atoms with Gasteiger partial charge < -0.3 is 23.5 Å². The molecular weight excluding hydrogens is 436 g/mol. The average molecular weight is 457 g/mol. The van der Waals surface area contributed by atoms with E-state index in [9.17, 15) is 13.2 Å². The number of carbonyl (C=O) groups is 1. The Kier molecular flexibility index (Phi) is 5.92. The minimum atomic E-state index is -3.70. The molecule has 0 N–H and O–H groups in total. The zero-order valence-electron chi connectivity index (χ0n) is 16.3. The van der Waals surface area contributed by atoms with E-state index in [1.165, 1.54) is 21.1 Å². The number of benzene rings is 1. The summed E-state index contributed by atoms with van der Waals surface area (Å²) in [7, 11) is -2.11. The smallest absolute Gasteiger partial charge is 0.355 e. The summed E-state index contributed by atoms with van der Waals surface area (Å²) in [6.45, 7) is 2.04. The number of rotatable bonds is 5. The molecule has 0 radical (unpaired) electrons. The molecule has 1 fully saturated rings. The van der Waals surface area contributed by atoms with Gasteiger partial charge in [0.25, 0.3) is 0 Å². The highest BCUT2D eigenvalue weighted by Gasteiger charge is 2.29. The second-order valence-corrected chi connectivity index (χ2v) is 9.21. The first-order chi connectivity index (χ1) is 14.4. The number of aryl methyl sites for hydroxylation is 1. The molecule has 3 heterocycles. The highest BCUT2D eigenvalue weighted by Crippen LogP contribution is 2.38. The number of carbonyl (C=O) groups excluding carboxylic acids is 1. The van der Waals surface area contributed by atoms with Crippen molar-refractivity contribution in [3.8, 4) is 11.5 Å². The van der Waals surface area contributed by atoms with Crippen molar-refractivity contribution in [1.29, 1.82) is 0 Å². The van der Waals surface area contributed by atoms with Gasteiger partial charge >= 0.3 is 5.97 Å². The van der Waals surface area contributed by atoms with Gasteiger partial charge in [0.05, 0.1) is 18.2 Å². The van der Waals surface area contributed by atoms with Gasteiger partial charge in [-0.3, -0.25) is 0 Å². The van der Waals surface area contributed by atoms with E-state index in [-0.39, 0.29) is 30.3 Å². The van der Waals surface area contributed by atoms with E-state index in [1.54, 1.807) is 19.2 Å². The highest BCUT2D eigenvalue weighted by atomic mass is 35.5. The lowest BCUT2D eigenvalue weighted by molar-refractivity contribution is 0.0460. The molecule has 1 aromatic carbocycles. The summed E-state index contributed by atoms with van der Waals surface area (Å²) in [5, 5.41) is 0.371. The first kappa shape index (κ1) is 21.0. The summed E-state index contributed by atoms with van der Waals surface area (Å²) < 4.78 is 49.9. The van der Waals surface area contributed by atoms with E-state index in [4.69, 9.17) is 30.5 Å². The van der Waals surface area contributed by atoms with Crippen LogP contribution in [0.15, 0.2) is 29.3 Å². The molecule has 0 spiro atoms. The Hall–Kier alpha value is -2.27. The predicted molar refractivity (Wildman–Crippen MR) is 107 cm³/mol. The van der Waals surface area contributed by atoms with E-state index in [1.807, 2.05) is 0 Å². The summed E-state index contributed by atoms with van der Waals surface area (Å²) in [6.07, 6.45) is 1.41. The van der Waals surface area contributed by atoms with Crippen molar-refractivity contribution >= 4 is 27.6 Å². The zero-order chi connectivity index (χ0) is 21.3. The van der Waals surface area contributed by atoms with E-state index < -0.39 is 16.0 Å². The van der Waals surface area contributed by atoms with Crippen LogP contribution >= 0.6 is 11.6 Å². The molecule has 0 atom stereocenters. The van der Waals surface area contributed by atoms with Crippen LogP contribution in [0.1, 0.15) is 16.1 Å². The third kappa shape index (κ3) is 4.13. The van der Waals surface area contributed by atoms with Crippen LogP contribution in [0, 0.1) is 0 Å². The molecule has 0 bridgehead atoms. The van der Waals surface area contributed by atoms with E-state index in [0.29, 0.717) is 48.5 Å². The van der Waals surface area contributed by atoms with Gasteiger partial charge in [-0.2, -0.15) is 4.31 Å². The number of halogens is 1. The molecule has 0 unspecified atom stereocenters. The maximum absolute atomic E-state index is 12.8. The van der Waals surface area contributed by atoms with Gasteiger partial charge in [0.2, 0.25) is 10.0 Å². The first-order valence-electron chi connectivity index (χ1n) is 9.35. The summed E-state index contributed by atoms with van der Waals surface area (Å²) in [5.74, 6) is 0.322. The molecule has 4 rings (SSSR count). The van der Waals surface area contributed by atoms with Gasteiger partial charge in [-0.15, -0.1) is 0 Å². The Balaban J connectivity index is 1.47. The Morgan fingerprint density at radius 1 is 1.13 bits per heavy atom. The van der Waals surface area contributed by atoms with Crippen molar-refractivity contribution < 1.29 is 32.2 Å². The minimum absolute atomic E-state index is 0.0428. The van der Waals surface area contributed by atoms with Gasteiger partial charge in [0, 0.05) is 26.3 Å². The molecule has 9 nitrogen and oxygen atoms in total. The normalized spacial score (nSPS) is 17.0. The van der Waals surface area contributed by atoms with Gasteiger partial charge in [0.15, 0.2) is 11.5 Å². The van der Waals surface area contributed by atoms with Crippen molar-refractivity contribution in [1.82, 2.24) is 8.87 Å². The molecule has 1 saturated heterocycles. The summed E-state index contributed by atoms with van der Waals surface area (Å²) >= 11 is 6.20. The lowest BCUT2D eigenvalue weighted by atomic mass is 10.2. The largest absolute Gasteiger partial charge is 0.486 e. The lowest BCUT2D eigenvalue weighted by Gasteiger charge is -2.25. The standard InChI is InChI=1S/C19H21ClN2O7S/c1-21-11-14(30(24,25)22-2-4-26-5-3-22)10-16(21)19(23)29-12-13-8-15(20)18-17(9-13)27-6-7-28-18/h8-11H,2-7,12H2,1H3. The molecule has 2 aromatic rings. The van der Waals surface area contributed by atoms with Crippen LogP contribution in [0.2, 0.25) is 5.02 Å². The number of hydrogen-bond acceptors (Lipinski definition) is 7. The monoisotopic (exact) mass is 456 g/mol. The van der Waals surface area contributed by atoms with Crippen molar-refractivity contribution in [2.45, 2.75) is 11.5 Å². The molecule has 0 amide bonds. The summed E-state index contributed by atoms with van der Waals surface area (Å²) in [6, 6.07) is 4.67. The molecule has 30 heavy (non-hydrogen) atoms. The molecule has 1 aromatic heterocycles. The Labute approximate surface area is 179 Å². The number of hydrogen-bond donors (Lipinski definition) is 0. The summed E-state index contributed by atoms with van der Waals surface area (Å²) in [4.78, 5) is 12.6. The maximum atomic E-state index is 12.8. The fraction of sp³-hybridized carbons (Fsp3) is 0.421. The fourth-order valence-corrected chi connectivity index (χ4v) is 5.05. The molecule has 162 valence electrons. The van der Waals surface area contributed by atoms with Crippen LogP contribution in [-0.4, -0.2) is 62.8 Å². The molecular formula is C19H21ClN2O7S. The van der Waals surface area contributed by atoms with Crippen molar-refractivity contribution in [3.05, 3.63) is 40.7 Å². The number of aromatic nitrogens is 1. The second kappa shape index (κ2) is 8.46. The van der Waals surface area contributed by atoms with Crippen LogP contribution in [0.5, 0.6) is 11.5 Å². The van der Waals surface area contributed by atoms with Crippen molar-refractivity contribution in [2.75, 3.05) is 39.5 Å². The molecule has 0 aliphatic carbocycles. The summed E-state index contributed by atoms with van der Waals surface area (Å²) in [5.41, 5.74) is 0.762. The first-order valence-corrected chi connectivity index (χ1v) is 11.2. The minimum Gasteiger partial charge on any atom is -0.486 e. The van der Waals surface area contributed by atoms with Gasteiger partial charge in [-0.1, -0.05) is 11.6 Å². The molecule has 2 aliphatic heterocycles. The SMILES string of the molecule is Cn1cc(S(=O)(=O)N2CCOCC2)cc1C(=O)OCc1cc(Cl)c2c(c1)OCCO2. The third-order valence-corrected chi connectivity index (χ3v) is 6.97. The van der Waals surface area contributed by atoms with E-state index >= 15 is 0 Å². The van der Waals surface area contributed by atoms with Gasteiger partial charge in [0.1, 0.15) is 30.4 Å². The van der Waals surface area contributed by atoms with Crippen LogP contribution in [0.4, 0.5) is 0 Å². The number of nitrogens with zero attached hydrogens (tertiary/aromatic N) is 2. The van der Waals surface area contributed by atoms with Gasteiger partial charge in [-0.25, -0.2) is 13.2 Å². The number of fused-ring (bicyclic) bond motifs is 1. The van der Waals surface area contributed by atoms with Crippen LogP contribution in [0.3, 0.4) is 0 Å². The average Bonchev–Trinajstić information content (AvgIpc) is 3.15. The van der Waals surface area contributed by atoms with Gasteiger partial charge in [-0.05, 0) is 23.8 Å². The number of esters is 1. The van der Waals surface area contributed by atoms with Crippen molar-refractivity contribution in [3.63, 3.8) is 0 Å². The van der Waals surface area contributed by atoms with Crippen molar-refractivity contribution in [2.24, 2.45) is 7.05 Å². The number of sulfonamides is 1. The Morgan fingerprint density at radius 2 is 1.87 bits per heavy atom. The van der Waals surface area contributed by atoms with E-state index in [2.05, 4.69) is 0 Å². The molecule has 0 saturated carbocycles. The van der Waals surface area contributed by atoms with E-state index in [0.717, 1.165) is 0 Å². The van der Waals surface area contributed by atoms with Crippen LogP contribution in [-0.2, 0) is 33.2 Å². The van der Waals surface area contributed by atoms with Crippen LogP contribution < -0.4 is 9.47 Å². The Bertz CT molecular complexity index is 1060. The second-order valence-electron chi connectivity index (χ2n) is 6.87.